The summed E-state index contributed by atoms with van der Waals surface area (Å²) in [4.78, 5) is 4.52. The van der Waals surface area contributed by atoms with E-state index in [-0.39, 0.29) is 0 Å². The first kappa shape index (κ1) is 13.8. The Morgan fingerprint density at radius 2 is 1.89 bits per heavy atom. The predicted molar refractivity (Wildman–Crippen MR) is 80.3 cm³/mol. The molecule has 0 bridgehead atoms. The number of nitrogens with one attached hydrogen (secondary N) is 1. The zero-order chi connectivity index (χ0) is 13.7. The minimum Gasteiger partial charge on any atom is -0.310 e. The molecule has 1 heterocycles. The first-order valence-corrected chi connectivity index (χ1v) is 6.91. The van der Waals surface area contributed by atoms with Crippen molar-refractivity contribution in [3.63, 3.8) is 0 Å². The van der Waals surface area contributed by atoms with Gasteiger partial charge in [0, 0.05) is 24.4 Å². The maximum Gasteiger partial charge on any atom is 0.0422 e. The van der Waals surface area contributed by atoms with Gasteiger partial charge in [0.05, 0.1) is 0 Å². The van der Waals surface area contributed by atoms with Gasteiger partial charge < -0.3 is 5.32 Å². The molecule has 0 spiro atoms. The molecule has 0 amide bonds. The lowest BCUT2D eigenvalue weighted by molar-refractivity contribution is 0.541. The van der Waals surface area contributed by atoms with Crippen LogP contribution in [-0.4, -0.2) is 11.5 Å². The standard InChI is InChI=1S/C17H22N2/c1-4-18-17(16-8-6-5-7-14(16)3)11-15-10-9-13(2)12-19-15/h5-10,12,17-18H,4,11H2,1-3H3. The number of pyridine rings is 1. The third-order valence-corrected chi connectivity index (χ3v) is 3.40. The van der Waals surface area contributed by atoms with E-state index in [1.165, 1.54) is 16.7 Å². The average molecular weight is 254 g/mol. The Bertz CT molecular complexity index is 517. The van der Waals surface area contributed by atoms with Crippen molar-refractivity contribution in [2.45, 2.75) is 33.2 Å². The molecule has 1 unspecified atom stereocenters. The monoisotopic (exact) mass is 254 g/mol. The summed E-state index contributed by atoms with van der Waals surface area (Å²) >= 11 is 0. The van der Waals surface area contributed by atoms with Gasteiger partial charge in [0.1, 0.15) is 0 Å². The number of rotatable bonds is 5. The minimum atomic E-state index is 0.335. The zero-order valence-corrected chi connectivity index (χ0v) is 12.0. The van der Waals surface area contributed by atoms with Crippen LogP contribution in [0.3, 0.4) is 0 Å². The van der Waals surface area contributed by atoms with Gasteiger partial charge in [0.25, 0.3) is 0 Å². The number of aromatic nitrogens is 1. The largest absolute Gasteiger partial charge is 0.310 e. The van der Waals surface area contributed by atoms with Gasteiger partial charge in [0.15, 0.2) is 0 Å². The summed E-state index contributed by atoms with van der Waals surface area (Å²) in [5.41, 5.74) is 5.05. The molecule has 2 heteroatoms. The lowest BCUT2D eigenvalue weighted by Gasteiger charge is -2.20. The van der Waals surface area contributed by atoms with Gasteiger partial charge in [-0.25, -0.2) is 0 Å². The Balaban J connectivity index is 2.21. The minimum absolute atomic E-state index is 0.335. The normalized spacial score (nSPS) is 12.4. The van der Waals surface area contributed by atoms with E-state index in [0.29, 0.717) is 6.04 Å². The highest BCUT2D eigenvalue weighted by molar-refractivity contribution is 5.30. The molecule has 2 rings (SSSR count). The lowest BCUT2D eigenvalue weighted by Crippen LogP contribution is -2.24. The Kier molecular flexibility index (Phi) is 4.69. The van der Waals surface area contributed by atoms with E-state index in [1.807, 2.05) is 6.20 Å². The van der Waals surface area contributed by atoms with Gasteiger partial charge >= 0.3 is 0 Å². The molecule has 0 aliphatic carbocycles. The first-order valence-electron chi connectivity index (χ1n) is 6.91. The number of nitrogens with zero attached hydrogens (tertiary/aromatic N) is 1. The van der Waals surface area contributed by atoms with Crippen LogP contribution in [0.15, 0.2) is 42.6 Å². The van der Waals surface area contributed by atoms with Gasteiger partial charge in [-0.2, -0.15) is 0 Å². The van der Waals surface area contributed by atoms with Crippen LogP contribution >= 0.6 is 0 Å². The molecule has 0 radical (unpaired) electrons. The first-order chi connectivity index (χ1) is 9.20. The van der Waals surface area contributed by atoms with Gasteiger partial charge in [-0.3, -0.25) is 4.98 Å². The lowest BCUT2D eigenvalue weighted by atomic mass is 9.97. The fraction of sp³-hybridized carbons (Fsp3) is 0.353. The summed E-state index contributed by atoms with van der Waals surface area (Å²) < 4.78 is 0. The van der Waals surface area contributed by atoms with Crippen LogP contribution < -0.4 is 5.32 Å². The molecule has 1 aromatic heterocycles. The molecule has 0 saturated heterocycles. The Labute approximate surface area is 115 Å². The maximum absolute atomic E-state index is 4.52. The topological polar surface area (TPSA) is 24.9 Å². The molecule has 1 aromatic carbocycles. The number of hydrogen-bond donors (Lipinski definition) is 1. The van der Waals surface area contributed by atoms with Crippen molar-refractivity contribution in [3.8, 4) is 0 Å². The van der Waals surface area contributed by atoms with Crippen LogP contribution in [0.2, 0.25) is 0 Å². The second-order valence-corrected chi connectivity index (χ2v) is 5.00. The average Bonchev–Trinajstić information content (AvgIpc) is 2.41. The Morgan fingerprint density at radius 3 is 2.53 bits per heavy atom. The van der Waals surface area contributed by atoms with E-state index in [0.717, 1.165) is 18.7 Å². The van der Waals surface area contributed by atoms with Crippen molar-refractivity contribution in [2.75, 3.05) is 6.54 Å². The maximum atomic E-state index is 4.52. The number of likely N-dealkylation sites (N-methyl/N-ethyl adjacent to an activating group) is 1. The molecule has 1 N–H and O–H groups in total. The second kappa shape index (κ2) is 6.48. The Hall–Kier alpha value is -1.67. The van der Waals surface area contributed by atoms with Gasteiger partial charge in [-0.15, -0.1) is 0 Å². The van der Waals surface area contributed by atoms with Crippen molar-refractivity contribution in [1.82, 2.24) is 10.3 Å². The molecule has 0 aliphatic rings. The van der Waals surface area contributed by atoms with Crippen molar-refractivity contribution in [3.05, 3.63) is 65.0 Å². The van der Waals surface area contributed by atoms with E-state index in [9.17, 15) is 0 Å². The number of aryl methyl sites for hydroxylation is 2. The molecule has 2 nitrogen and oxygen atoms in total. The van der Waals surface area contributed by atoms with Crippen LogP contribution in [0.5, 0.6) is 0 Å². The summed E-state index contributed by atoms with van der Waals surface area (Å²) in [6.45, 7) is 7.35. The summed E-state index contributed by atoms with van der Waals surface area (Å²) in [6.07, 6.45) is 2.87. The van der Waals surface area contributed by atoms with Crippen molar-refractivity contribution in [2.24, 2.45) is 0 Å². The molecule has 2 aromatic rings. The molecular weight excluding hydrogens is 232 g/mol. The molecule has 100 valence electrons. The molecule has 1 atom stereocenters. The van der Waals surface area contributed by atoms with Crippen LogP contribution in [0.1, 0.15) is 35.3 Å². The summed E-state index contributed by atoms with van der Waals surface area (Å²) in [5.74, 6) is 0. The molecule has 19 heavy (non-hydrogen) atoms. The van der Waals surface area contributed by atoms with Crippen molar-refractivity contribution >= 4 is 0 Å². The highest BCUT2D eigenvalue weighted by Gasteiger charge is 2.13. The third kappa shape index (κ3) is 3.65. The highest BCUT2D eigenvalue weighted by Crippen LogP contribution is 2.21. The van der Waals surface area contributed by atoms with E-state index in [4.69, 9.17) is 0 Å². The third-order valence-electron chi connectivity index (χ3n) is 3.40. The Morgan fingerprint density at radius 1 is 1.11 bits per heavy atom. The molecule has 0 aliphatic heterocycles. The van der Waals surface area contributed by atoms with Crippen molar-refractivity contribution in [1.29, 1.82) is 0 Å². The van der Waals surface area contributed by atoms with E-state index < -0.39 is 0 Å². The summed E-state index contributed by atoms with van der Waals surface area (Å²) in [7, 11) is 0. The SMILES string of the molecule is CCNC(Cc1ccc(C)cn1)c1ccccc1C. The van der Waals surface area contributed by atoms with E-state index in [2.05, 4.69) is 67.5 Å². The van der Waals surface area contributed by atoms with Gasteiger partial charge in [0.2, 0.25) is 0 Å². The van der Waals surface area contributed by atoms with Crippen molar-refractivity contribution < 1.29 is 0 Å². The second-order valence-electron chi connectivity index (χ2n) is 5.00. The quantitative estimate of drug-likeness (QED) is 0.882. The number of hydrogen-bond acceptors (Lipinski definition) is 2. The van der Waals surface area contributed by atoms with Gasteiger partial charge in [-0.05, 0) is 43.1 Å². The smallest absolute Gasteiger partial charge is 0.0422 e. The fourth-order valence-corrected chi connectivity index (χ4v) is 2.34. The van der Waals surface area contributed by atoms with Crippen LogP contribution in [0.25, 0.3) is 0 Å². The van der Waals surface area contributed by atoms with Crippen LogP contribution in [-0.2, 0) is 6.42 Å². The van der Waals surface area contributed by atoms with E-state index in [1.54, 1.807) is 0 Å². The number of benzene rings is 1. The molecule has 0 saturated carbocycles. The molecule has 0 fully saturated rings. The summed E-state index contributed by atoms with van der Waals surface area (Å²) in [5, 5.41) is 3.56. The molecular formula is C17H22N2. The predicted octanol–water partition coefficient (Wildman–Crippen LogP) is 3.59. The van der Waals surface area contributed by atoms with Crippen LogP contribution in [0.4, 0.5) is 0 Å². The highest BCUT2D eigenvalue weighted by atomic mass is 14.9. The summed E-state index contributed by atoms with van der Waals surface area (Å²) in [6, 6.07) is 13.2. The van der Waals surface area contributed by atoms with Crippen LogP contribution in [0, 0.1) is 13.8 Å². The van der Waals surface area contributed by atoms with E-state index >= 15 is 0 Å². The zero-order valence-electron chi connectivity index (χ0n) is 12.0. The van der Waals surface area contributed by atoms with Gasteiger partial charge in [-0.1, -0.05) is 37.3 Å². The fourth-order valence-electron chi connectivity index (χ4n) is 2.34.